The van der Waals surface area contributed by atoms with Crippen molar-refractivity contribution in [3.63, 3.8) is 0 Å². The van der Waals surface area contributed by atoms with Crippen molar-refractivity contribution in [2.45, 2.75) is 11.8 Å². The fourth-order valence-corrected chi connectivity index (χ4v) is 1.07. The van der Waals surface area contributed by atoms with Crippen molar-refractivity contribution in [3.05, 3.63) is 12.0 Å². The van der Waals surface area contributed by atoms with Crippen molar-refractivity contribution >= 4 is 10.2 Å². The molecular formula is C4H4FNO3S. The molecule has 0 bridgehead atoms. The summed E-state index contributed by atoms with van der Waals surface area (Å²) in [4.78, 5) is -0.507. The van der Waals surface area contributed by atoms with Crippen LogP contribution >= 0.6 is 0 Å². The summed E-state index contributed by atoms with van der Waals surface area (Å²) in [6.07, 6.45) is 0.824. The fourth-order valence-electron chi connectivity index (χ4n) is 0.524. The van der Waals surface area contributed by atoms with Crippen LogP contribution in [0.15, 0.2) is 15.6 Å². The molecule has 1 heterocycles. The van der Waals surface area contributed by atoms with Gasteiger partial charge in [0.1, 0.15) is 0 Å². The Hall–Kier alpha value is -0.910. The van der Waals surface area contributed by atoms with E-state index in [0.29, 0.717) is 0 Å². The van der Waals surface area contributed by atoms with E-state index in [1.54, 1.807) is 0 Å². The number of nitrogens with zero attached hydrogens (tertiary/aromatic N) is 1. The number of rotatable bonds is 1. The third-order valence-electron chi connectivity index (χ3n) is 0.969. The van der Waals surface area contributed by atoms with Gasteiger partial charge in [-0.3, -0.25) is 0 Å². The van der Waals surface area contributed by atoms with Gasteiger partial charge in [-0.15, -0.1) is 3.89 Å². The molecule has 10 heavy (non-hydrogen) atoms. The van der Waals surface area contributed by atoms with Gasteiger partial charge >= 0.3 is 10.2 Å². The first-order valence-electron chi connectivity index (χ1n) is 2.38. The van der Waals surface area contributed by atoms with Gasteiger partial charge in [-0.25, -0.2) is 0 Å². The van der Waals surface area contributed by atoms with Crippen molar-refractivity contribution in [1.82, 2.24) is 5.16 Å². The highest BCUT2D eigenvalue weighted by atomic mass is 32.3. The van der Waals surface area contributed by atoms with Crippen LogP contribution in [0.1, 0.15) is 5.76 Å². The maximum Gasteiger partial charge on any atom is 0.337 e. The van der Waals surface area contributed by atoms with Crippen LogP contribution in [0.3, 0.4) is 0 Å². The third-order valence-corrected chi connectivity index (χ3v) is 1.89. The summed E-state index contributed by atoms with van der Waals surface area (Å²) in [6, 6.07) is 0. The van der Waals surface area contributed by atoms with Crippen molar-refractivity contribution in [2.75, 3.05) is 0 Å². The molecule has 1 aromatic rings. The molecule has 0 aliphatic rings. The molecule has 6 heteroatoms. The van der Waals surface area contributed by atoms with E-state index in [-0.39, 0.29) is 5.76 Å². The van der Waals surface area contributed by atoms with Gasteiger partial charge in [0, 0.05) is 0 Å². The lowest BCUT2D eigenvalue weighted by atomic mass is 10.5. The Kier molecular flexibility index (Phi) is 1.47. The Bertz CT molecular complexity index is 328. The Labute approximate surface area is 56.8 Å². The first-order chi connectivity index (χ1) is 4.52. The average Bonchev–Trinajstić information content (AvgIpc) is 2.11. The molecule has 0 saturated carbocycles. The highest BCUT2D eigenvalue weighted by Crippen LogP contribution is 2.15. The molecule has 4 nitrogen and oxygen atoms in total. The summed E-state index contributed by atoms with van der Waals surface area (Å²) in [5.41, 5.74) is 0. The number of aromatic nitrogens is 1. The zero-order valence-corrected chi connectivity index (χ0v) is 5.85. The molecular weight excluding hydrogens is 161 g/mol. The summed E-state index contributed by atoms with van der Waals surface area (Å²) in [5, 5.41) is 3.09. The maximum atomic E-state index is 12.1. The molecule has 0 saturated heterocycles. The van der Waals surface area contributed by atoms with E-state index in [1.807, 2.05) is 0 Å². The van der Waals surface area contributed by atoms with E-state index >= 15 is 0 Å². The van der Waals surface area contributed by atoms with Crippen LogP contribution in [0.5, 0.6) is 0 Å². The maximum absolute atomic E-state index is 12.1. The summed E-state index contributed by atoms with van der Waals surface area (Å²) in [5.74, 6) is -0.0394. The quantitative estimate of drug-likeness (QED) is 0.573. The molecule has 0 fully saturated rings. The monoisotopic (exact) mass is 165 g/mol. The van der Waals surface area contributed by atoms with E-state index < -0.39 is 15.1 Å². The zero-order chi connectivity index (χ0) is 7.78. The Balaban J connectivity index is 3.32. The standard InChI is InChI=1S/C4H4FNO3S/c1-3-4(2-6-9-3)10(5,7)8/h2H,1H3. The number of halogens is 1. The first-order valence-corrected chi connectivity index (χ1v) is 3.76. The van der Waals surface area contributed by atoms with Gasteiger partial charge < -0.3 is 4.52 Å². The Morgan fingerprint density at radius 1 is 1.70 bits per heavy atom. The number of hydrogen-bond donors (Lipinski definition) is 0. The van der Waals surface area contributed by atoms with E-state index in [2.05, 4.69) is 9.68 Å². The van der Waals surface area contributed by atoms with Crippen LogP contribution in [0, 0.1) is 6.92 Å². The normalized spacial score (nSPS) is 11.8. The summed E-state index contributed by atoms with van der Waals surface area (Å²) >= 11 is 0. The van der Waals surface area contributed by atoms with E-state index in [4.69, 9.17) is 0 Å². The third kappa shape index (κ3) is 1.15. The largest absolute Gasteiger partial charge is 0.360 e. The van der Waals surface area contributed by atoms with Crippen LogP contribution in [-0.4, -0.2) is 13.6 Å². The second kappa shape index (κ2) is 2.05. The molecule has 0 spiro atoms. The minimum absolute atomic E-state index is 0.0394. The van der Waals surface area contributed by atoms with Crippen LogP contribution in [0.25, 0.3) is 0 Å². The summed E-state index contributed by atoms with van der Waals surface area (Å²) in [6.45, 7) is 1.32. The summed E-state index contributed by atoms with van der Waals surface area (Å²) < 4.78 is 36.7. The number of hydrogen-bond acceptors (Lipinski definition) is 4. The molecule has 0 atom stereocenters. The van der Waals surface area contributed by atoms with Crippen molar-refractivity contribution in [3.8, 4) is 0 Å². The molecule has 0 aliphatic heterocycles. The predicted octanol–water partition coefficient (Wildman–Crippen LogP) is 0.641. The van der Waals surface area contributed by atoms with Gasteiger partial charge in [0.05, 0.1) is 6.20 Å². The smallest absolute Gasteiger partial charge is 0.337 e. The van der Waals surface area contributed by atoms with E-state index in [1.165, 1.54) is 6.92 Å². The van der Waals surface area contributed by atoms with Crippen molar-refractivity contribution in [2.24, 2.45) is 0 Å². The Morgan fingerprint density at radius 2 is 2.30 bits per heavy atom. The molecule has 0 unspecified atom stereocenters. The van der Waals surface area contributed by atoms with Crippen molar-refractivity contribution < 1.29 is 16.8 Å². The molecule has 0 N–H and O–H groups in total. The van der Waals surface area contributed by atoms with Gasteiger partial charge in [-0.1, -0.05) is 5.16 Å². The second-order valence-electron chi connectivity index (χ2n) is 1.68. The lowest BCUT2D eigenvalue weighted by molar-refractivity contribution is 0.393. The molecule has 0 amide bonds. The van der Waals surface area contributed by atoms with Gasteiger partial charge in [-0.05, 0) is 6.92 Å². The predicted molar refractivity (Wildman–Crippen MR) is 29.5 cm³/mol. The topological polar surface area (TPSA) is 60.2 Å². The van der Waals surface area contributed by atoms with Crippen LogP contribution in [0.2, 0.25) is 0 Å². The van der Waals surface area contributed by atoms with Crippen molar-refractivity contribution in [1.29, 1.82) is 0 Å². The SMILES string of the molecule is Cc1oncc1S(=O)(=O)F. The van der Waals surface area contributed by atoms with Gasteiger partial charge in [-0.2, -0.15) is 8.42 Å². The average molecular weight is 165 g/mol. The van der Waals surface area contributed by atoms with Gasteiger partial charge in [0.2, 0.25) is 0 Å². The minimum atomic E-state index is -4.65. The van der Waals surface area contributed by atoms with Crippen LogP contribution in [-0.2, 0) is 10.2 Å². The van der Waals surface area contributed by atoms with Gasteiger partial charge in [0.15, 0.2) is 10.7 Å². The highest BCUT2D eigenvalue weighted by molar-refractivity contribution is 7.86. The van der Waals surface area contributed by atoms with E-state index in [9.17, 15) is 12.3 Å². The number of aryl methyl sites for hydroxylation is 1. The Morgan fingerprint density at radius 3 is 2.50 bits per heavy atom. The van der Waals surface area contributed by atoms with Gasteiger partial charge in [0.25, 0.3) is 0 Å². The first kappa shape index (κ1) is 7.20. The molecule has 0 aliphatic carbocycles. The molecule has 1 rings (SSSR count). The minimum Gasteiger partial charge on any atom is -0.360 e. The fraction of sp³-hybridized carbons (Fsp3) is 0.250. The lowest BCUT2D eigenvalue weighted by Crippen LogP contribution is -1.90. The van der Waals surface area contributed by atoms with Crippen LogP contribution < -0.4 is 0 Å². The molecule has 0 aromatic carbocycles. The van der Waals surface area contributed by atoms with Crippen LogP contribution in [0.4, 0.5) is 3.89 Å². The molecule has 1 aromatic heterocycles. The highest BCUT2D eigenvalue weighted by Gasteiger charge is 2.18. The molecule has 56 valence electrons. The second-order valence-corrected chi connectivity index (χ2v) is 3.00. The summed E-state index contributed by atoms with van der Waals surface area (Å²) in [7, 11) is -4.65. The molecule has 0 radical (unpaired) electrons. The lowest BCUT2D eigenvalue weighted by Gasteiger charge is -1.84. The zero-order valence-electron chi connectivity index (χ0n) is 5.04. The van der Waals surface area contributed by atoms with E-state index in [0.717, 1.165) is 6.20 Å².